The number of alkyl carbamates (subject to hydrolysis) is 1. The number of halogens is 2. The molecule has 0 aromatic heterocycles. The highest BCUT2D eigenvalue weighted by atomic mass is 35.5. The van der Waals surface area contributed by atoms with Crippen molar-refractivity contribution in [2.24, 2.45) is 0 Å². The number of likely N-dealkylation sites (N-methyl/N-ethyl adjacent to an activating group) is 1. The average molecular weight is 737 g/mol. The van der Waals surface area contributed by atoms with E-state index >= 15 is 0 Å². The monoisotopic (exact) mass is 736 g/mol. The number of methoxy groups -OCH3 is 1. The molecular weight excluding hydrogens is 687 g/mol. The van der Waals surface area contributed by atoms with Crippen molar-refractivity contribution in [3.8, 4) is 16.9 Å². The van der Waals surface area contributed by atoms with Crippen LogP contribution in [0.15, 0.2) is 97.1 Å². The van der Waals surface area contributed by atoms with Crippen molar-refractivity contribution in [3.05, 3.63) is 125 Å². The van der Waals surface area contributed by atoms with Crippen molar-refractivity contribution in [1.29, 1.82) is 0 Å². The molecule has 2 atom stereocenters. The van der Waals surface area contributed by atoms with Crippen LogP contribution in [0.25, 0.3) is 11.1 Å². The molecule has 8 nitrogen and oxygen atoms in total. The van der Waals surface area contributed by atoms with Crippen molar-refractivity contribution in [3.63, 3.8) is 0 Å². The number of amides is 1. The summed E-state index contributed by atoms with van der Waals surface area (Å²) in [6, 6.07) is 29.5. The molecule has 0 aliphatic rings. The first kappa shape index (κ1) is 41.2. The van der Waals surface area contributed by atoms with Crippen molar-refractivity contribution < 1.29 is 32.9 Å². The van der Waals surface area contributed by atoms with Crippen LogP contribution in [0.2, 0.25) is 25.7 Å². The average Bonchev–Trinajstić information content (AvgIpc) is 3.10. The van der Waals surface area contributed by atoms with E-state index in [1.807, 2.05) is 92.0 Å². The van der Waals surface area contributed by atoms with Gasteiger partial charge in [-0.15, -0.1) is 12.4 Å². The molecule has 4 rings (SSSR count). The first-order chi connectivity index (χ1) is 24.0. The molecule has 0 aliphatic carbocycles. The summed E-state index contributed by atoms with van der Waals surface area (Å²) < 4.78 is 37.8. The minimum Gasteiger partial charge on any atom is -0.489 e. The van der Waals surface area contributed by atoms with Crippen LogP contribution in [0.1, 0.15) is 22.3 Å². The summed E-state index contributed by atoms with van der Waals surface area (Å²) in [7, 11) is 1.96. The molecule has 0 saturated heterocycles. The first-order valence-electron chi connectivity index (χ1n) is 16.9. The zero-order valence-corrected chi connectivity index (χ0v) is 31.9. The van der Waals surface area contributed by atoms with Crippen LogP contribution in [0.4, 0.5) is 9.18 Å². The molecule has 11 heteroatoms. The van der Waals surface area contributed by atoms with E-state index in [4.69, 9.17) is 18.9 Å². The summed E-state index contributed by atoms with van der Waals surface area (Å²) in [5.41, 5.74) is 4.63. The maximum absolute atomic E-state index is 15.0. The van der Waals surface area contributed by atoms with Gasteiger partial charge in [-0.3, -0.25) is 0 Å². The lowest BCUT2D eigenvalue weighted by molar-refractivity contribution is -0.145. The third-order valence-corrected chi connectivity index (χ3v) is 9.93. The van der Waals surface area contributed by atoms with Gasteiger partial charge in [0.05, 0.1) is 13.2 Å². The van der Waals surface area contributed by atoms with Crippen LogP contribution in [-0.2, 0) is 45.1 Å². The highest BCUT2D eigenvalue weighted by Gasteiger charge is 2.26. The van der Waals surface area contributed by atoms with Gasteiger partial charge in [0, 0.05) is 27.6 Å². The van der Waals surface area contributed by atoms with Gasteiger partial charge in [-0.2, -0.15) is 0 Å². The Kier molecular flexibility index (Phi) is 16.6. The van der Waals surface area contributed by atoms with Crippen LogP contribution >= 0.6 is 12.4 Å². The predicted molar refractivity (Wildman–Crippen MR) is 205 cm³/mol. The fraction of sp³-hybridized carbons (Fsp3) is 0.350. The lowest BCUT2D eigenvalue weighted by atomic mass is 9.95. The molecule has 0 heterocycles. The molecule has 51 heavy (non-hydrogen) atoms. The molecular formula is C40H50ClFN2O6Si. The Morgan fingerprint density at radius 3 is 2.00 bits per heavy atom. The van der Waals surface area contributed by atoms with E-state index in [0.717, 1.165) is 28.3 Å². The first-order valence-corrected chi connectivity index (χ1v) is 20.6. The summed E-state index contributed by atoms with van der Waals surface area (Å²) >= 11 is 0. The minimum absolute atomic E-state index is 0. The highest BCUT2D eigenvalue weighted by molar-refractivity contribution is 6.76. The van der Waals surface area contributed by atoms with Gasteiger partial charge in [0.1, 0.15) is 30.8 Å². The maximum atomic E-state index is 15.0. The number of carbonyl (C=O) groups excluding carboxylic acids is 2. The number of carbonyl (C=O) groups is 2. The van der Waals surface area contributed by atoms with Gasteiger partial charge in [-0.25, -0.2) is 14.0 Å². The van der Waals surface area contributed by atoms with Crippen LogP contribution < -0.4 is 15.4 Å². The number of hydrogen-bond acceptors (Lipinski definition) is 7. The van der Waals surface area contributed by atoms with Crippen LogP contribution in [0.3, 0.4) is 0 Å². The quantitative estimate of drug-likeness (QED) is 0.0790. The third-order valence-electron chi connectivity index (χ3n) is 8.23. The van der Waals surface area contributed by atoms with Crippen molar-refractivity contribution in [2.45, 2.75) is 63.8 Å². The smallest absolute Gasteiger partial charge is 0.408 e. The topological polar surface area (TPSA) is 95.1 Å². The van der Waals surface area contributed by atoms with E-state index in [0.29, 0.717) is 36.5 Å². The molecule has 0 bridgehead atoms. The van der Waals surface area contributed by atoms with Gasteiger partial charge in [-0.1, -0.05) is 92.4 Å². The molecule has 4 aromatic rings. The van der Waals surface area contributed by atoms with Gasteiger partial charge in [0.25, 0.3) is 0 Å². The van der Waals surface area contributed by atoms with Crippen molar-refractivity contribution in [2.75, 3.05) is 27.4 Å². The lowest BCUT2D eigenvalue weighted by Gasteiger charge is -2.22. The van der Waals surface area contributed by atoms with Gasteiger partial charge in [-0.05, 0) is 77.2 Å². The predicted octanol–water partition coefficient (Wildman–Crippen LogP) is 7.99. The molecule has 4 aromatic carbocycles. The Labute approximate surface area is 308 Å². The molecule has 1 amide bonds. The van der Waals surface area contributed by atoms with Crippen LogP contribution in [0.5, 0.6) is 5.75 Å². The Morgan fingerprint density at radius 2 is 1.39 bits per heavy atom. The second kappa shape index (κ2) is 20.6. The SMILES string of the molecule is CN[C@H](COC)Cc1cc(-c2ccc(OCc3ccccc3)c(C[C@H](NC(=O)OCc3ccccc3)C(=O)OCC[Si](C)(C)C)c2)ccc1F.Cl. The zero-order chi connectivity index (χ0) is 35.9. The van der Waals surface area contributed by atoms with E-state index in [2.05, 4.69) is 30.3 Å². The van der Waals surface area contributed by atoms with E-state index in [-0.39, 0.29) is 43.9 Å². The second-order valence-corrected chi connectivity index (χ2v) is 19.1. The molecule has 0 unspecified atom stereocenters. The van der Waals surface area contributed by atoms with Crippen LogP contribution in [-0.4, -0.2) is 59.6 Å². The number of benzene rings is 4. The molecule has 0 spiro atoms. The third kappa shape index (κ3) is 13.8. The second-order valence-electron chi connectivity index (χ2n) is 13.5. The largest absolute Gasteiger partial charge is 0.489 e. The number of nitrogens with one attached hydrogen (secondary N) is 2. The summed E-state index contributed by atoms with van der Waals surface area (Å²) in [4.78, 5) is 26.6. The van der Waals surface area contributed by atoms with Crippen LogP contribution in [0, 0.1) is 5.82 Å². The van der Waals surface area contributed by atoms with E-state index in [1.165, 1.54) is 6.07 Å². The Morgan fingerprint density at radius 1 is 0.784 bits per heavy atom. The lowest BCUT2D eigenvalue weighted by Crippen LogP contribution is -2.44. The van der Waals surface area contributed by atoms with Gasteiger partial charge < -0.3 is 29.6 Å². The molecule has 0 aliphatic heterocycles. The van der Waals surface area contributed by atoms with Crippen molar-refractivity contribution >= 4 is 32.5 Å². The summed E-state index contributed by atoms with van der Waals surface area (Å²) in [6.07, 6.45) is -0.217. The standard InChI is InChI=1S/C40H49FN2O6Si.ClH/c1-42-35(28-46-2)24-33-22-31(16-18-36(33)41)32-17-19-38(48-26-29-12-8-6-9-13-29)34(23-32)25-37(39(44)47-20-21-50(3,4)5)43-40(45)49-27-30-14-10-7-11-15-30;/h6-19,22-23,35,37,42H,20-21,24-28H2,1-5H3,(H,43,45);1H/t35-,37-;/m0./s1. The Balaban J connectivity index is 0.00000702. The van der Waals surface area contributed by atoms with Gasteiger partial charge >= 0.3 is 12.1 Å². The Hall–Kier alpha value is -4.22. The zero-order valence-electron chi connectivity index (χ0n) is 30.1. The highest BCUT2D eigenvalue weighted by Crippen LogP contribution is 2.30. The van der Waals surface area contributed by atoms with Gasteiger partial charge in [0.2, 0.25) is 0 Å². The maximum Gasteiger partial charge on any atom is 0.408 e. The molecule has 274 valence electrons. The summed E-state index contributed by atoms with van der Waals surface area (Å²) in [6.45, 7) is 7.67. The molecule has 0 saturated carbocycles. The molecule has 0 fully saturated rings. The Bertz CT molecular complexity index is 1670. The number of esters is 1. The fourth-order valence-corrected chi connectivity index (χ4v) is 6.01. The van der Waals surface area contributed by atoms with E-state index < -0.39 is 26.2 Å². The molecule has 0 radical (unpaired) electrons. The van der Waals surface area contributed by atoms with Crippen molar-refractivity contribution in [1.82, 2.24) is 10.6 Å². The minimum atomic E-state index is -1.49. The van der Waals surface area contributed by atoms with E-state index in [1.54, 1.807) is 13.2 Å². The molecule has 2 N–H and O–H groups in total. The normalized spacial score (nSPS) is 12.3. The fourth-order valence-electron chi connectivity index (χ4n) is 5.30. The summed E-state index contributed by atoms with van der Waals surface area (Å²) in [5, 5.41) is 5.93. The summed E-state index contributed by atoms with van der Waals surface area (Å²) in [5.74, 6) is -0.304. The van der Waals surface area contributed by atoms with Gasteiger partial charge in [0.15, 0.2) is 0 Å². The van der Waals surface area contributed by atoms with E-state index in [9.17, 15) is 14.0 Å². The number of ether oxygens (including phenoxy) is 4. The number of hydrogen-bond donors (Lipinski definition) is 2. The number of rotatable bonds is 18.